The Labute approximate surface area is 173 Å². The van der Waals surface area contributed by atoms with E-state index in [0.717, 1.165) is 38.0 Å². The van der Waals surface area contributed by atoms with Gasteiger partial charge in [-0.25, -0.2) is 4.98 Å². The number of rotatable bonds is 6. The van der Waals surface area contributed by atoms with E-state index < -0.39 is 0 Å². The van der Waals surface area contributed by atoms with E-state index in [9.17, 15) is 4.79 Å². The number of hydrogen-bond acceptors (Lipinski definition) is 4. The first kappa shape index (κ1) is 19.0. The topological polar surface area (TPSA) is 34.9 Å². The number of benzene rings is 2. The first-order valence-corrected chi connectivity index (χ1v) is 11.2. The Morgan fingerprint density at radius 2 is 1.82 bits per heavy atom. The van der Waals surface area contributed by atoms with Gasteiger partial charge in [0.1, 0.15) is 4.70 Å². The van der Waals surface area contributed by atoms with Gasteiger partial charge in [-0.15, -0.1) is 11.3 Å². The van der Waals surface area contributed by atoms with Gasteiger partial charge in [0, 0.05) is 17.2 Å². The summed E-state index contributed by atoms with van der Waals surface area (Å²) in [5.41, 5.74) is 4.47. The van der Waals surface area contributed by atoms with Crippen molar-refractivity contribution in [3.63, 3.8) is 0 Å². The monoisotopic (exact) mass is 406 g/mol. The molecule has 0 bridgehead atoms. The van der Waals surface area contributed by atoms with Crippen LogP contribution in [0.1, 0.15) is 24.5 Å². The molecule has 0 amide bonds. The van der Waals surface area contributed by atoms with Crippen molar-refractivity contribution in [1.29, 1.82) is 0 Å². The average Bonchev–Trinajstić information content (AvgIpc) is 3.14. The van der Waals surface area contributed by atoms with Gasteiger partial charge in [0.15, 0.2) is 5.16 Å². The van der Waals surface area contributed by atoms with E-state index in [4.69, 9.17) is 4.98 Å². The molecule has 4 aromatic rings. The molecule has 142 valence electrons. The summed E-state index contributed by atoms with van der Waals surface area (Å²) >= 11 is 3.17. The number of hydrogen-bond donors (Lipinski definition) is 0. The van der Waals surface area contributed by atoms with Crippen LogP contribution in [-0.2, 0) is 12.3 Å². The number of aryl methyl sites for hydroxylation is 1. The van der Waals surface area contributed by atoms with Gasteiger partial charge in [0.05, 0.1) is 5.52 Å². The fourth-order valence-corrected chi connectivity index (χ4v) is 5.14. The molecule has 4 rings (SSSR count). The van der Waals surface area contributed by atoms with Crippen LogP contribution >= 0.6 is 23.1 Å². The third kappa shape index (κ3) is 3.91. The van der Waals surface area contributed by atoms with Gasteiger partial charge in [-0.1, -0.05) is 78.8 Å². The fourth-order valence-electron chi connectivity index (χ4n) is 3.10. The molecule has 5 heteroatoms. The van der Waals surface area contributed by atoms with Crippen LogP contribution in [0.5, 0.6) is 0 Å². The molecular weight excluding hydrogens is 384 g/mol. The summed E-state index contributed by atoms with van der Waals surface area (Å²) in [5, 5.41) is 0.802. The molecule has 0 saturated heterocycles. The average molecular weight is 407 g/mol. The summed E-state index contributed by atoms with van der Waals surface area (Å²) in [6, 6.07) is 20.8. The van der Waals surface area contributed by atoms with Crippen LogP contribution in [0, 0.1) is 6.92 Å². The smallest absolute Gasteiger partial charge is 0.272 e. The van der Waals surface area contributed by atoms with Crippen molar-refractivity contribution >= 4 is 33.3 Å². The number of thioether (sulfide) groups is 1. The molecule has 0 unspecified atom stereocenters. The normalized spacial score (nSPS) is 11.2. The predicted octanol–water partition coefficient (Wildman–Crippen LogP) is 6.14. The van der Waals surface area contributed by atoms with Gasteiger partial charge in [0.2, 0.25) is 0 Å². The molecule has 0 aliphatic rings. The van der Waals surface area contributed by atoms with Crippen molar-refractivity contribution in [2.45, 2.75) is 37.7 Å². The summed E-state index contributed by atoms with van der Waals surface area (Å²) in [5.74, 6) is 0.803. The standard InChI is InChI=1S/C23H22N2OS2/c1-3-13-25-22(26)21-19(14-20(28-21)18-11-9-16(2)10-12-18)24-23(25)27-15-17-7-5-4-6-8-17/h4-12,14H,3,13,15H2,1-2H3. The molecule has 2 aromatic carbocycles. The van der Waals surface area contributed by atoms with E-state index in [0.29, 0.717) is 6.54 Å². The highest BCUT2D eigenvalue weighted by atomic mass is 32.2. The summed E-state index contributed by atoms with van der Waals surface area (Å²) in [7, 11) is 0. The van der Waals surface area contributed by atoms with E-state index in [1.807, 2.05) is 22.8 Å². The molecule has 0 fully saturated rings. The maximum Gasteiger partial charge on any atom is 0.272 e. The number of aromatic nitrogens is 2. The number of thiophene rings is 1. The summed E-state index contributed by atoms with van der Waals surface area (Å²) in [6.07, 6.45) is 0.905. The molecule has 0 aliphatic heterocycles. The van der Waals surface area contributed by atoms with E-state index in [-0.39, 0.29) is 5.56 Å². The van der Waals surface area contributed by atoms with E-state index in [1.54, 1.807) is 23.1 Å². The van der Waals surface area contributed by atoms with Crippen molar-refractivity contribution in [2.75, 3.05) is 0 Å². The molecule has 0 N–H and O–H groups in total. The van der Waals surface area contributed by atoms with E-state index >= 15 is 0 Å². The van der Waals surface area contributed by atoms with Gasteiger partial charge in [-0.2, -0.15) is 0 Å². The summed E-state index contributed by atoms with van der Waals surface area (Å²) < 4.78 is 2.58. The lowest BCUT2D eigenvalue weighted by molar-refractivity contribution is 0.585. The van der Waals surface area contributed by atoms with Crippen molar-refractivity contribution < 1.29 is 0 Å². The highest BCUT2D eigenvalue weighted by Crippen LogP contribution is 2.32. The van der Waals surface area contributed by atoms with Gasteiger partial charge >= 0.3 is 0 Å². The number of nitrogens with zero attached hydrogens (tertiary/aromatic N) is 2. The minimum Gasteiger partial charge on any atom is -0.286 e. The van der Waals surface area contributed by atoms with E-state index in [2.05, 4.69) is 56.3 Å². The zero-order chi connectivity index (χ0) is 19.5. The molecule has 0 saturated carbocycles. The van der Waals surface area contributed by atoms with Gasteiger partial charge < -0.3 is 0 Å². The van der Waals surface area contributed by atoms with Crippen LogP contribution in [0.2, 0.25) is 0 Å². The van der Waals surface area contributed by atoms with Crippen molar-refractivity contribution in [1.82, 2.24) is 9.55 Å². The summed E-state index contributed by atoms with van der Waals surface area (Å²) in [4.78, 5) is 19.1. The first-order valence-electron chi connectivity index (χ1n) is 9.44. The lowest BCUT2D eigenvalue weighted by atomic mass is 10.1. The Morgan fingerprint density at radius 3 is 2.54 bits per heavy atom. The van der Waals surface area contributed by atoms with Crippen molar-refractivity contribution in [3.8, 4) is 10.4 Å². The zero-order valence-corrected chi connectivity index (χ0v) is 17.6. The highest BCUT2D eigenvalue weighted by molar-refractivity contribution is 7.98. The van der Waals surface area contributed by atoms with Crippen molar-refractivity contribution in [2.24, 2.45) is 0 Å². The Morgan fingerprint density at radius 1 is 1.07 bits per heavy atom. The molecular formula is C23H22N2OS2. The molecule has 28 heavy (non-hydrogen) atoms. The fraction of sp³-hybridized carbons (Fsp3) is 0.217. The van der Waals surface area contributed by atoms with Crippen LogP contribution in [-0.4, -0.2) is 9.55 Å². The van der Waals surface area contributed by atoms with Crippen LogP contribution in [0.25, 0.3) is 20.7 Å². The van der Waals surface area contributed by atoms with Gasteiger partial charge in [-0.3, -0.25) is 9.36 Å². The molecule has 0 aliphatic carbocycles. The molecule has 0 atom stereocenters. The van der Waals surface area contributed by atoms with Crippen LogP contribution < -0.4 is 5.56 Å². The Balaban J connectivity index is 1.75. The SMILES string of the molecule is CCCn1c(SCc2ccccc2)nc2cc(-c3ccc(C)cc3)sc2c1=O. The maximum absolute atomic E-state index is 13.2. The first-order chi connectivity index (χ1) is 13.7. The number of fused-ring (bicyclic) bond motifs is 1. The molecule has 0 radical (unpaired) electrons. The van der Waals surface area contributed by atoms with Crippen molar-refractivity contribution in [3.05, 3.63) is 82.1 Å². The Bertz CT molecular complexity index is 1150. The second-order valence-electron chi connectivity index (χ2n) is 6.82. The second kappa shape index (κ2) is 8.33. The van der Waals surface area contributed by atoms with E-state index in [1.165, 1.54) is 11.1 Å². The Hall–Kier alpha value is -2.37. The lowest BCUT2D eigenvalue weighted by Crippen LogP contribution is -2.22. The molecule has 3 nitrogen and oxygen atoms in total. The maximum atomic E-state index is 13.2. The quantitative estimate of drug-likeness (QED) is 0.285. The van der Waals surface area contributed by atoms with Crippen LogP contribution in [0.4, 0.5) is 0 Å². The zero-order valence-electron chi connectivity index (χ0n) is 16.0. The van der Waals surface area contributed by atoms with Crippen LogP contribution in [0.3, 0.4) is 0 Å². The Kier molecular flexibility index (Phi) is 5.64. The minimum absolute atomic E-state index is 0.0748. The highest BCUT2D eigenvalue weighted by Gasteiger charge is 2.15. The van der Waals surface area contributed by atoms with Gasteiger partial charge in [-0.05, 0) is 30.5 Å². The van der Waals surface area contributed by atoms with Crippen LogP contribution in [0.15, 0.2) is 70.6 Å². The summed E-state index contributed by atoms with van der Waals surface area (Å²) in [6.45, 7) is 4.86. The minimum atomic E-state index is 0.0748. The molecule has 0 spiro atoms. The predicted molar refractivity (Wildman–Crippen MR) is 120 cm³/mol. The largest absolute Gasteiger partial charge is 0.286 e. The van der Waals surface area contributed by atoms with Gasteiger partial charge in [0.25, 0.3) is 5.56 Å². The third-order valence-corrected chi connectivity index (χ3v) is 6.80. The lowest BCUT2D eigenvalue weighted by Gasteiger charge is -2.10. The molecule has 2 aromatic heterocycles. The third-order valence-electron chi connectivity index (χ3n) is 4.59. The second-order valence-corrected chi connectivity index (χ2v) is 8.81. The molecule has 2 heterocycles.